The van der Waals surface area contributed by atoms with E-state index in [4.69, 9.17) is 0 Å². The van der Waals surface area contributed by atoms with Gasteiger partial charge in [-0.2, -0.15) is 5.10 Å². The monoisotopic (exact) mass is 432 g/mol. The third-order valence-corrected chi connectivity index (χ3v) is 6.47. The third kappa shape index (κ3) is 5.33. The number of rotatable bonds is 7. The molecule has 1 amide bonds. The average Bonchev–Trinajstić information content (AvgIpc) is 3.07. The Kier molecular flexibility index (Phi) is 6.83. The molecule has 1 fully saturated rings. The first-order valence-corrected chi connectivity index (χ1v) is 11.5. The third-order valence-electron chi connectivity index (χ3n) is 6.47. The Hall–Kier alpha value is -3.22. The van der Waals surface area contributed by atoms with Gasteiger partial charge in [-0.3, -0.25) is 4.79 Å². The molecule has 0 aliphatic heterocycles. The van der Waals surface area contributed by atoms with Crippen molar-refractivity contribution in [3.8, 4) is 5.82 Å². The summed E-state index contributed by atoms with van der Waals surface area (Å²) >= 11 is 0. The fourth-order valence-electron chi connectivity index (χ4n) is 4.27. The summed E-state index contributed by atoms with van der Waals surface area (Å²) < 4.78 is 1.81. The van der Waals surface area contributed by atoms with E-state index in [9.17, 15) is 4.79 Å². The molecule has 3 aromatic rings. The van der Waals surface area contributed by atoms with Gasteiger partial charge >= 0.3 is 0 Å². The Morgan fingerprint density at radius 1 is 0.969 bits per heavy atom. The maximum atomic E-state index is 12.3. The SMILES string of the molecule is Cc1nn(-c2ccc(Nc3ccc(NC(=O)CCC4CCCCC4)cc3)nn2)c(C)c1C. The van der Waals surface area contributed by atoms with E-state index in [-0.39, 0.29) is 5.91 Å². The highest BCUT2D eigenvalue weighted by Crippen LogP contribution is 2.27. The van der Waals surface area contributed by atoms with Crippen molar-refractivity contribution in [1.82, 2.24) is 20.0 Å². The molecule has 7 nitrogen and oxygen atoms in total. The maximum Gasteiger partial charge on any atom is 0.224 e. The standard InChI is InChI=1S/C25H32N6O/c1-17-18(2)30-31(19(17)3)24-15-14-23(28-29-24)26-21-10-12-22(13-11-21)27-25(32)16-9-20-7-5-4-6-8-20/h10-15,20H,4-9,16H2,1-3H3,(H,26,28)(H,27,32). The van der Waals surface area contributed by atoms with E-state index in [0.29, 0.717) is 18.1 Å². The summed E-state index contributed by atoms with van der Waals surface area (Å²) in [5, 5.41) is 19.4. The fourth-order valence-corrected chi connectivity index (χ4v) is 4.27. The molecule has 2 heterocycles. The van der Waals surface area contributed by atoms with Gasteiger partial charge in [0.15, 0.2) is 11.6 Å². The highest BCUT2D eigenvalue weighted by Gasteiger charge is 2.15. The van der Waals surface area contributed by atoms with Crippen LogP contribution in [0.4, 0.5) is 17.2 Å². The summed E-state index contributed by atoms with van der Waals surface area (Å²) in [6.07, 6.45) is 8.13. The molecule has 2 aromatic heterocycles. The Bertz CT molecular complexity index is 1050. The van der Waals surface area contributed by atoms with E-state index in [0.717, 1.165) is 40.7 Å². The number of carbonyl (C=O) groups is 1. The van der Waals surface area contributed by atoms with Crippen LogP contribution >= 0.6 is 0 Å². The molecule has 1 aliphatic rings. The summed E-state index contributed by atoms with van der Waals surface area (Å²) in [5.41, 5.74) is 4.91. The van der Waals surface area contributed by atoms with Crippen LogP contribution in [-0.2, 0) is 4.79 Å². The van der Waals surface area contributed by atoms with E-state index < -0.39 is 0 Å². The van der Waals surface area contributed by atoms with Gasteiger partial charge in [0.25, 0.3) is 0 Å². The molecule has 0 atom stereocenters. The molecule has 0 bridgehead atoms. The van der Waals surface area contributed by atoms with Gasteiger partial charge in [-0.25, -0.2) is 4.68 Å². The Labute approximate surface area is 189 Å². The summed E-state index contributed by atoms with van der Waals surface area (Å²) in [5.74, 6) is 2.16. The van der Waals surface area contributed by atoms with Crippen LogP contribution in [0.2, 0.25) is 0 Å². The van der Waals surface area contributed by atoms with Gasteiger partial charge in [-0.1, -0.05) is 32.1 Å². The molecule has 0 unspecified atom stereocenters. The van der Waals surface area contributed by atoms with Crippen LogP contribution in [0.1, 0.15) is 61.9 Å². The van der Waals surface area contributed by atoms with Crippen molar-refractivity contribution in [2.45, 2.75) is 65.7 Å². The van der Waals surface area contributed by atoms with E-state index in [1.165, 1.54) is 32.1 Å². The first-order chi connectivity index (χ1) is 15.5. The zero-order chi connectivity index (χ0) is 22.5. The van der Waals surface area contributed by atoms with Crippen LogP contribution in [0.15, 0.2) is 36.4 Å². The lowest BCUT2D eigenvalue weighted by Gasteiger charge is -2.21. The maximum absolute atomic E-state index is 12.3. The molecule has 2 N–H and O–H groups in total. The number of anilines is 3. The van der Waals surface area contributed by atoms with Gasteiger partial charge in [-0.05, 0) is 75.1 Å². The minimum absolute atomic E-state index is 0.0946. The topological polar surface area (TPSA) is 84.7 Å². The van der Waals surface area contributed by atoms with Crippen molar-refractivity contribution in [2.24, 2.45) is 5.92 Å². The van der Waals surface area contributed by atoms with E-state index in [1.54, 1.807) is 0 Å². The molecule has 0 spiro atoms. The minimum atomic E-state index is 0.0946. The van der Waals surface area contributed by atoms with E-state index in [1.807, 2.05) is 54.9 Å². The number of amides is 1. The largest absolute Gasteiger partial charge is 0.339 e. The van der Waals surface area contributed by atoms with Crippen LogP contribution in [0.5, 0.6) is 0 Å². The molecular formula is C25H32N6O. The number of aromatic nitrogens is 4. The van der Waals surface area contributed by atoms with Crippen molar-refractivity contribution in [2.75, 3.05) is 10.6 Å². The molecule has 1 saturated carbocycles. The molecule has 0 radical (unpaired) electrons. The Morgan fingerprint density at radius 3 is 2.31 bits per heavy atom. The van der Waals surface area contributed by atoms with Crippen molar-refractivity contribution in [3.05, 3.63) is 53.3 Å². The number of nitrogens with one attached hydrogen (secondary N) is 2. The van der Waals surface area contributed by atoms with Crippen LogP contribution in [-0.4, -0.2) is 25.9 Å². The Morgan fingerprint density at radius 2 is 1.69 bits per heavy atom. The lowest BCUT2D eigenvalue weighted by molar-refractivity contribution is -0.116. The molecule has 7 heteroatoms. The fraction of sp³-hybridized carbons (Fsp3) is 0.440. The number of nitrogens with zero attached hydrogens (tertiary/aromatic N) is 4. The number of carbonyl (C=O) groups excluding carboxylic acids is 1. The second kappa shape index (κ2) is 9.94. The van der Waals surface area contributed by atoms with Gasteiger partial charge in [0.1, 0.15) is 0 Å². The molecule has 0 saturated heterocycles. The number of hydrogen-bond donors (Lipinski definition) is 2. The van der Waals surface area contributed by atoms with Gasteiger partial charge in [0, 0.05) is 23.5 Å². The zero-order valence-corrected chi connectivity index (χ0v) is 19.2. The lowest BCUT2D eigenvalue weighted by Crippen LogP contribution is -2.14. The van der Waals surface area contributed by atoms with Gasteiger partial charge < -0.3 is 10.6 Å². The second-order valence-corrected chi connectivity index (χ2v) is 8.78. The molecule has 168 valence electrons. The summed E-state index contributed by atoms with van der Waals surface area (Å²) in [7, 11) is 0. The first kappa shape index (κ1) is 22.0. The van der Waals surface area contributed by atoms with E-state index >= 15 is 0 Å². The van der Waals surface area contributed by atoms with Crippen molar-refractivity contribution < 1.29 is 4.79 Å². The predicted octanol–water partition coefficient (Wildman–Crippen LogP) is 5.63. The van der Waals surface area contributed by atoms with Crippen molar-refractivity contribution in [1.29, 1.82) is 0 Å². The molecule has 1 aromatic carbocycles. The molecular weight excluding hydrogens is 400 g/mol. The predicted molar refractivity (Wildman–Crippen MR) is 128 cm³/mol. The van der Waals surface area contributed by atoms with Crippen molar-refractivity contribution in [3.63, 3.8) is 0 Å². The highest BCUT2D eigenvalue weighted by molar-refractivity contribution is 5.90. The first-order valence-electron chi connectivity index (χ1n) is 11.5. The van der Waals surface area contributed by atoms with E-state index in [2.05, 4.69) is 32.9 Å². The number of aryl methyl sites for hydroxylation is 1. The van der Waals surface area contributed by atoms with Gasteiger partial charge in [0.2, 0.25) is 5.91 Å². The van der Waals surface area contributed by atoms with Gasteiger partial charge in [-0.15, -0.1) is 10.2 Å². The zero-order valence-electron chi connectivity index (χ0n) is 19.2. The summed E-state index contributed by atoms with van der Waals surface area (Å²) in [4.78, 5) is 12.3. The normalized spacial score (nSPS) is 14.3. The number of hydrogen-bond acceptors (Lipinski definition) is 5. The molecule has 32 heavy (non-hydrogen) atoms. The molecule has 4 rings (SSSR count). The minimum Gasteiger partial charge on any atom is -0.339 e. The van der Waals surface area contributed by atoms with Crippen LogP contribution < -0.4 is 10.6 Å². The smallest absolute Gasteiger partial charge is 0.224 e. The van der Waals surface area contributed by atoms with Crippen molar-refractivity contribution >= 4 is 23.1 Å². The van der Waals surface area contributed by atoms with Gasteiger partial charge in [0.05, 0.1) is 5.69 Å². The van der Waals surface area contributed by atoms with Crippen LogP contribution in [0.25, 0.3) is 5.82 Å². The lowest BCUT2D eigenvalue weighted by atomic mass is 9.86. The van der Waals surface area contributed by atoms with Crippen LogP contribution in [0.3, 0.4) is 0 Å². The second-order valence-electron chi connectivity index (χ2n) is 8.78. The summed E-state index contributed by atoms with van der Waals surface area (Å²) in [6, 6.07) is 11.4. The Balaban J connectivity index is 1.30. The van der Waals surface area contributed by atoms with Crippen LogP contribution in [0, 0.1) is 26.7 Å². The number of benzene rings is 1. The summed E-state index contributed by atoms with van der Waals surface area (Å²) in [6.45, 7) is 6.07. The average molecular weight is 433 g/mol. The highest BCUT2D eigenvalue weighted by atomic mass is 16.1. The quantitative estimate of drug-likeness (QED) is 0.505. The molecule has 1 aliphatic carbocycles.